The largest absolute Gasteiger partial charge is 0.312 e. The molecule has 0 saturated carbocycles. The molecule has 0 rings (SSSR count). The molecule has 1 N–H and O–H groups in total. The molecule has 0 aliphatic heterocycles. The Morgan fingerprint density at radius 1 is 1.00 bits per heavy atom. The fourth-order valence-corrected chi connectivity index (χ4v) is 2.13. The van der Waals surface area contributed by atoms with Gasteiger partial charge in [-0.25, -0.2) is 0 Å². The van der Waals surface area contributed by atoms with E-state index in [1.807, 2.05) is 0 Å². The molecule has 0 amide bonds. The van der Waals surface area contributed by atoms with Crippen LogP contribution in [0.25, 0.3) is 0 Å². The SMILES string of the molecule is CC(C)CN(CCN(C)C)C(C)CCNC(C)(C)C. The van der Waals surface area contributed by atoms with Crippen LogP contribution in [0, 0.1) is 5.92 Å². The molecular weight excluding hydrogens is 234 g/mol. The van der Waals surface area contributed by atoms with E-state index in [-0.39, 0.29) is 5.54 Å². The Bertz CT molecular complexity index is 219. The van der Waals surface area contributed by atoms with Crippen molar-refractivity contribution in [3.8, 4) is 0 Å². The van der Waals surface area contributed by atoms with Gasteiger partial charge in [-0.3, -0.25) is 4.90 Å². The summed E-state index contributed by atoms with van der Waals surface area (Å²) < 4.78 is 0. The van der Waals surface area contributed by atoms with Gasteiger partial charge in [0.2, 0.25) is 0 Å². The van der Waals surface area contributed by atoms with Crippen LogP contribution in [0.15, 0.2) is 0 Å². The molecule has 0 saturated heterocycles. The van der Waals surface area contributed by atoms with E-state index >= 15 is 0 Å². The van der Waals surface area contributed by atoms with Crippen molar-refractivity contribution in [2.24, 2.45) is 5.92 Å². The van der Waals surface area contributed by atoms with Crippen molar-refractivity contribution in [3.05, 3.63) is 0 Å². The van der Waals surface area contributed by atoms with Crippen LogP contribution in [0.2, 0.25) is 0 Å². The van der Waals surface area contributed by atoms with Crippen LogP contribution in [0.1, 0.15) is 48.0 Å². The van der Waals surface area contributed by atoms with Gasteiger partial charge in [0.25, 0.3) is 0 Å². The van der Waals surface area contributed by atoms with Gasteiger partial charge in [0.05, 0.1) is 0 Å². The number of nitrogens with zero attached hydrogens (tertiary/aromatic N) is 2. The van der Waals surface area contributed by atoms with Crippen LogP contribution < -0.4 is 5.32 Å². The molecule has 0 aliphatic carbocycles. The number of rotatable bonds is 9. The molecule has 0 fully saturated rings. The predicted octanol–water partition coefficient (Wildman–Crippen LogP) is 2.67. The zero-order valence-corrected chi connectivity index (χ0v) is 14.6. The Morgan fingerprint density at radius 3 is 2.00 bits per heavy atom. The van der Waals surface area contributed by atoms with Crippen molar-refractivity contribution in [2.45, 2.75) is 59.5 Å². The van der Waals surface area contributed by atoms with Crippen LogP contribution in [0.5, 0.6) is 0 Å². The van der Waals surface area contributed by atoms with Crippen LogP contribution in [0.3, 0.4) is 0 Å². The second-order valence-corrected chi connectivity index (χ2v) is 7.51. The quantitative estimate of drug-likeness (QED) is 0.695. The molecule has 0 bridgehead atoms. The third-order valence-corrected chi connectivity index (χ3v) is 3.27. The molecule has 0 radical (unpaired) electrons. The molecule has 0 spiro atoms. The molecule has 0 aromatic heterocycles. The first kappa shape index (κ1) is 18.9. The summed E-state index contributed by atoms with van der Waals surface area (Å²) in [5, 5.41) is 3.59. The maximum Gasteiger partial charge on any atom is 0.0112 e. The molecule has 116 valence electrons. The Kier molecular flexibility index (Phi) is 8.88. The van der Waals surface area contributed by atoms with E-state index in [9.17, 15) is 0 Å². The number of hydrogen-bond acceptors (Lipinski definition) is 3. The summed E-state index contributed by atoms with van der Waals surface area (Å²) in [4.78, 5) is 4.91. The minimum atomic E-state index is 0.228. The number of hydrogen-bond donors (Lipinski definition) is 1. The molecule has 19 heavy (non-hydrogen) atoms. The molecule has 1 unspecified atom stereocenters. The van der Waals surface area contributed by atoms with Gasteiger partial charge in [0.1, 0.15) is 0 Å². The third-order valence-electron chi connectivity index (χ3n) is 3.27. The molecule has 0 heterocycles. The smallest absolute Gasteiger partial charge is 0.0112 e. The Morgan fingerprint density at radius 2 is 1.58 bits per heavy atom. The summed E-state index contributed by atoms with van der Waals surface area (Å²) in [6.07, 6.45) is 1.22. The maximum absolute atomic E-state index is 3.59. The average molecular weight is 271 g/mol. The third kappa shape index (κ3) is 11.4. The molecule has 3 heteroatoms. The van der Waals surface area contributed by atoms with Gasteiger partial charge in [-0.15, -0.1) is 0 Å². The molecule has 1 atom stereocenters. The summed E-state index contributed by atoms with van der Waals surface area (Å²) in [6.45, 7) is 18.3. The van der Waals surface area contributed by atoms with Gasteiger partial charge in [-0.2, -0.15) is 0 Å². The lowest BCUT2D eigenvalue weighted by Crippen LogP contribution is -2.43. The second-order valence-electron chi connectivity index (χ2n) is 7.51. The second kappa shape index (κ2) is 8.93. The minimum absolute atomic E-state index is 0.228. The molecule has 0 aromatic carbocycles. The maximum atomic E-state index is 3.59. The molecule has 3 nitrogen and oxygen atoms in total. The standard InChI is InChI=1S/C16H37N3/c1-14(2)13-19(12-11-18(7)8)15(3)9-10-17-16(4,5)6/h14-15,17H,9-13H2,1-8H3. The highest BCUT2D eigenvalue weighted by Crippen LogP contribution is 2.08. The van der Waals surface area contributed by atoms with Crippen molar-refractivity contribution < 1.29 is 0 Å². The van der Waals surface area contributed by atoms with Gasteiger partial charge >= 0.3 is 0 Å². The van der Waals surface area contributed by atoms with E-state index in [0.29, 0.717) is 6.04 Å². The van der Waals surface area contributed by atoms with Gasteiger partial charge < -0.3 is 10.2 Å². The lowest BCUT2D eigenvalue weighted by molar-refractivity contribution is 0.160. The van der Waals surface area contributed by atoms with E-state index < -0.39 is 0 Å². The normalized spacial score (nSPS) is 14.7. The van der Waals surface area contributed by atoms with Crippen molar-refractivity contribution in [1.29, 1.82) is 0 Å². The van der Waals surface area contributed by atoms with Crippen molar-refractivity contribution >= 4 is 0 Å². The van der Waals surface area contributed by atoms with Crippen LogP contribution in [0.4, 0.5) is 0 Å². The topological polar surface area (TPSA) is 18.5 Å². The van der Waals surface area contributed by atoms with Gasteiger partial charge in [0, 0.05) is 31.2 Å². The van der Waals surface area contributed by atoms with E-state index in [2.05, 4.69) is 70.8 Å². The van der Waals surface area contributed by atoms with Crippen LogP contribution in [-0.2, 0) is 0 Å². The van der Waals surface area contributed by atoms with E-state index in [0.717, 1.165) is 19.0 Å². The summed E-state index contributed by atoms with van der Waals surface area (Å²) in [5.41, 5.74) is 0.228. The Balaban J connectivity index is 4.17. The highest BCUT2D eigenvalue weighted by Gasteiger charge is 2.16. The zero-order valence-electron chi connectivity index (χ0n) is 14.6. The van der Waals surface area contributed by atoms with Gasteiger partial charge in [-0.1, -0.05) is 13.8 Å². The lowest BCUT2D eigenvalue weighted by atomic mass is 10.1. The summed E-state index contributed by atoms with van der Waals surface area (Å²) in [5.74, 6) is 0.736. The number of nitrogens with one attached hydrogen (secondary N) is 1. The summed E-state index contributed by atoms with van der Waals surface area (Å²) in [7, 11) is 4.30. The lowest BCUT2D eigenvalue weighted by Gasteiger charge is -2.32. The minimum Gasteiger partial charge on any atom is -0.312 e. The molecule has 0 aromatic rings. The number of likely N-dealkylation sites (N-methyl/N-ethyl adjacent to an activating group) is 1. The van der Waals surface area contributed by atoms with Crippen molar-refractivity contribution in [1.82, 2.24) is 15.1 Å². The predicted molar refractivity (Wildman–Crippen MR) is 86.8 cm³/mol. The van der Waals surface area contributed by atoms with Gasteiger partial charge in [0.15, 0.2) is 0 Å². The first-order valence-corrected chi connectivity index (χ1v) is 7.75. The van der Waals surface area contributed by atoms with Crippen molar-refractivity contribution in [2.75, 3.05) is 40.3 Å². The Hall–Kier alpha value is -0.120. The average Bonchev–Trinajstić information content (AvgIpc) is 2.21. The first-order chi connectivity index (χ1) is 8.61. The van der Waals surface area contributed by atoms with E-state index in [4.69, 9.17) is 0 Å². The fourth-order valence-electron chi connectivity index (χ4n) is 2.13. The van der Waals surface area contributed by atoms with Crippen LogP contribution in [-0.4, -0.2) is 61.7 Å². The molecule has 0 aliphatic rings. The van der Waals surface area contributed by atoms with Crippen molar-refractivity contribution in [3.63, 3.8) is 0 Å². The van der Waals surface area contributed by atoms with Crippen LogP contribution >= 0.6 is 0 Å². The van der Waals surface area contributed by atoms with Gasteiger partial charge in [-0.05, 0) is 60.7 Å². The van der Waals surface area contributed by atoms with E-state index in [1.165, 1.54) is 19.5 Å². The monoisotopic (exact) mass is 271 g/mol. The molecular formula is C16H37N3. The fraction of sp³-hybridized carbons (Fsp3) is 1.00. The highest BCUT2D eigenvalue weighted by molar-refractivity contribution is 4.74. The highest BCUT2D eigenvalue weighted by atomic mass is 15.2. The zero-order chi connectivity index (χ0) is 15.1. The van der Waals surface area contributed by atoms with E-state index in [1.54, 1.807) is 0 Å². The Labute approximate surface area is 121 Å². The summed E-state index contributed by atoms with van der Waals surface area (Å²) >= 11 is 0. The first-order valence-electron chi connectivity index (χ1n) is 7.75. The summed E-state index contributed by atoms with van der Waals surface area (Å²) in [6, 6.07) is 0.650.